The van der Waals surface area contributed by atoms with Gasteiger partial charge in [0.25, 0.3) is 0 Å². The molecular formula is C20H18BrN5O2S. The SMILES string of the molecule is CNS(=O)(=O)c1ccc(CNc2cc(-c3ccccc3)nc3c(Br)cnn23)cc1. The van der Waals surface area contributed by atoms with Gasteiger partial charge in [0, 0.05) is 18.2 Å². The van der Waals surface area contributed by atoms with Crippen LogP contribution in [0.3, 0.4) is 0 Å². The summed E-state index contributed by atoms with van der Waals surface area (Å²) in [5.41, 5.74) is 3.49. The molecule has 2 aromatic carbocycles. The van der Waals surface area contributed by atoms with Crippen LogP contribution in [0.4, 0.5) is 5.82 Å². The molecule has 0 aliphatic heterocycles. The first kappa shape index (κ1) is 19.6. The maximum absolute atomic E-state index is 11.9. The second-order valence-corrected chi connectivity index (χ2v) is 9.07. The van der Waals surface area contributed by atoms with Crippen LogP contribution >= 0.6 is 15.9 Å². The molecule has 0 radical (unpaired) electrons. The Morgan fingerprint density at radius 1 is 1.07 bits per heavy atom. The van der Waals surface area contributed by atoms with Crippen LogP contribution in [0.5, 0.6) is 0 Å². The number of nitrogens with one attached hydrogen (secondary N) is 2. The zero-order valence-corrected chi connectivity index (χ0v) is 17.9. The number of rotatable bonds is 6. The van der Waals surface area contributed by atoms with Gasteiger partial charge in [-0.25, -0.2) is 18.1 Å². The van der Waals surface area contributed by atoms with Crippen molar-refractivity contribution in [3.8, 4) is 11.3 Å². The van der Waals surface area contributed by atoms with Crippen LogP contribution in [0.1, 0.15) is 5.56 Å². The molecule has 0 spiro atoms. The molecule has 4 aromatic rings. The van der Waals surface area contributed by atoms with Gasteiger partial charge in [0.2, 0.25) is 10.0 Å². The van der Waals surface area contributed by atoms with Gasteiger partial charge in [-0.3, -0.25) is 0 Å². The van der Waals surface area contributed by atoms with Crippen molar-refractivity contribution in [2.75, 3.05) is 12.4 Å². The highest BCUT2D eigenvalue weighted by Crippen LogP contribution is 2.26. The number of hydrogen-bond donors (Lipinski definition) is 2. The lowest BCUT2D eigenvalue weighted by molar-refractivity contribution is 0.588. The fourth-order valence-electron chi connectivity index (χ4n) is 2.92. The van der Waals surface area contributed by atoms with E-state index in [1.54, 1.807) is 35.0 Å². The molecule has 0 atom stereocenters. The third kappa shape index (κ3) is 4.02. The predicted octanol–water partition coefficient (Wildman–Crippen LogP) is 3.68. The first-order chi connectivity index (χ1) is 14.0. The van der Waals surface area contributed by atoms with E-state index < -0.39 is 10.0 Å². The van der Waals surface area contributed by atoms with E-state index in [0.29, 0.717) is 12.2 Å². The monoisotopic (exact) mass is 471 g/mol. The smallest absolute Gasteiger partial charge is 0.240 e. The largest absolute Gasteiger partial charge is 0.366 e. The Kier molecular flexibility index (Phi) is 5.35. The second-order valence-electron chi connectivity index (χ2n) is 6.33. The summed E-state index contributed by atoms with van der Waals surface area (Å²) < 4.78 is 28.6. The molecule has 0 saturated carbocycles. The van der Waals surface area contributed by atoms with Crippen LogP contribution in [0.15, 0.2) is 76.2 Å². The summed E-state index contributed by atoms with van der Waals surface area (Å²) in [6, 6.07) is 18.6. The fourth-order valence-corrected chi connectivity index (χ4v) is 3.99. The highest BCUT2D eigenvalue weighted by molar-refractivity contribution is 9.10. The van der Waals surface area contributed by atoms with Gasteiger partial charge in [0.1, 0.15) is 5.82 Å². The van der Waals surface area contributed by atoms with E-state index in [9.17, 15) is 8.42 Å². The first-order valence-electron chi connectivity index (χ1n) is 8.84. The summed E-state index contributed by atoms with van der Waals surface area (Å²) in [5.74, 6) is 0.784. The molecular weight excluding hydrogens is 454 g/mol. The normalized spacial score (nSPS) is 11.7. The molecule has 0 unspecified atom stereocenters. The summed E-state index contributed by atoms with van der Waals surface area (Å²) in [4.78, 5) is 4.94. The highest BCUT2D eigenvalue weighted by Gasteiger charge is 2.13. The average molecular weight is 472 g/mol. The number of anilines is 1. The van der Waals surface area contributed by atoms with Gasteiger partial charge < -0.3 is 5.32 Å². The number of fused-ring (bicyclic) bond motifs is 1. The van der Waals surface area contributed by atoms with E-state index >= 15 is 0 Å². The molecule has 29 heavy (non-hydrogen) atoms. The van der Waals surface area contributed by atoms with E-state index in [1.165, 1.54) is 7.05 Å². The zero-order chi connectivity index (χ0) is 20.4. The Hall–Kier alpha value is -2.75. The van der Waals surface area contributed by atoms with E-state index in [1.807, 2.05) is 36.4 Å². The van der Waals surface area contributed by atoms with Gasteiger partial charge in [-0.15, -0.1) is 0 Å². The van der Waals surface area contributed by atoms with Crippen molar-refractivity contribution in [3.63, 3.8) is 0 Å². The van der Waals surface area contributed by atoms with Crippen LogP contribution in [-0.4, -0.2) is 30.1 Å². The van der Waals surface area contributed by atoms with Gasteiger partial charge in [0.15, 0.2) is 5.65 Å². The Balaban J connectivity index is 1.64. The van der Waals surface area contributed by atoms with E-state index in [4.69, 9.17) is 4.98 Å². The van der Waals surface area contributed by atoms with Crippen LogP contribution in [0.25, 0.3) is 16.9 Å². The van der Waals surface area contributed by atoms with Crippen molar-refractivity contribution < 1.29 is 8.42 Å². The Bertz CT molecular complexity index is 1260. The number of sulfonamides is 1. The van der Waals surface area contributed by atoms with Crippen LogP contribution in [0, 0.1) is 0 Å². The fraction of sp³-hybridized carbons (Fsp3) is 0.100. The van der Waals surface area contributed by atoms with Crippen molar-refractivity contribution in [2.45, 2.75) is 11.4 Å². The van der Waals surface area contributed by atoms with E-state index in [2.05, 4.69) is 31.1 Å². The van der Waals surface area contributed by atoms with Crippen molar-refractivity contribution in [2.24, 2.45) is 0 Å². The number of halogens is 1. The molecule has 0 aliphatic carbocycles. The van der Waals surface area contributed by atoms with Crippen molar-refractivity contribution in [1.82, 2.24) is 19.3 Å². The average Bonchev–Trinajstić information content (AvgIpc) is 3.14. The van der Waals surface area contributed by atoms with Crippen molar-refractivity contribution in [1.29, 1.82) is 0 Å². The molecule has 0 amide bonds. The quantitative estimate of drug-likeness (QED) is 0.447. The minimum atomic E-state index is -3.44. The third-order valence-corrected chi connectivity index (χ3v) is 6.46. The number of aromatic nitrogens is 3. The summed E-state index contributed by atoms with van der Waals surface area (Å²) in [7, 11) is -2.05. The summed E-state index contributed by atoms with van der Waals surface area (Å²) in [6.45, 7) is 0.505. The summed E-state index contributed by atoms with van der Waals surface area (Å²) >= 11 is 3.50. The number of benzene rings is 2. The molecule has 7 nitrogen and oxygen atoms in total. The van der Waals surface area contributed by atoms with Crippen molar-refractivity contribution in [3.05, 3.63) is 76.9 Å². The minimum Gasteiger partial charge on any atom is -0.366 e. The Morgan fingerprint density at radius 2 is 1.79 bits per heavy atom. The lowest BCUT2D eigenvalue weighted by Gasteiger charge is -2.11. The molecule has 2 heterocycles. The van der Waals surface area contributed by atoms with Crippen LogP contribution in [-0.2, 0) is 16.6 Å². The molecule has 148 valence electrons. The van der Waals surface area contributed by atoms with Crippen LogP contribution in [0.2, 0.25) is 0 Å². The molecule has 0 saturated heterocycles. The molecule has 2 N–H and O–H groups in total. The second kappa shape index (κ2) is 7.94. The maximum atomic E-state index is 11.9. The van der Waals surface area contributed by atoms with Crippen LogP contribution < -0.4 is 10.0 Å². The number of nitrogens with zero attached hydrogens (tertiary/aromatic N) is 3. The molecule has 4 rings (SSSR count). The lowest BCUT2D eigenvalue weighted by atomic mass is 10.1. The van der Waals surface area contributed by atoms with E-state index in [-0.39, 0.29) is 4.90 Å². The Morgan fingerprint density at radius 3 is 2.48 bits per heavy atom. The molecule has 9 heteroatoms. The molecule has 0 bridgehead atoms. The third-order valence-electron chi connectivity index (χ3n) is 4.47. The molecule has 0 aliphatic rings. The van der Waals surface area contributed by atoms with Gasteiger partial charge in [0.05, 0.1) is 21.3 Å². The summed E-state index contributed by atoms with van der Waals surface area (Å²) in [5, 5.41) is 7.75. The number of hydrogen-bond acceptors (Lipinski definition) is 5. The van der Waals surface area contributed by atoms with Gasteiger partial charge in [-0.2, -0.15) is 9.61 Å². The lowest BCUT2D eigenvalue weighted by Crippen LogP contribution is -2.18. The zero-order valence-electron chi connectivity index (χ0n) is 15.5. The molecule has 0 fully saturated rings. The van der Waals surface area contributed by atoms with Gasteiger partial charge >= 0.3 is 0 Å². The summed E-state index contributed by atoms with van der Waals surface area (Å²) in [6.07, 6.45) is 1.71. The molecule has 2 aromatic heterocycles. The van der Waals surface area contributed by atoms with Gasteiger partial charge in [-0.1, -0.05) is 42.5 Å². The first-order valence-corrected chi connectivity index (χ1v) is 11.1. The topological polar surface area (TPSA) is 88.4 Å². The van der Waals surface area contributed by atoms with E-state index in [0.717, 1.165) is 27.1 Å². The van der Waals surface area contributed by atoms with Crippen molar-refractivity contribution >= 4 is 37.4 Å². The Labute approximate surface area is 177 Å². The predicted molar refractivity (Wildman–Crippen MR) is 116 cm³/mol. The minimum absolute atomic E-state index is 0.234. The highest BCUT2D eigenvalue weighted by atomic mass is 79.9. The standard InChI is InChI=1S/C20H18BrN5O2S/c1-22-29(27,28)16-9-7-14(8-10-16)12-23-19-11-18(15-5-3-2-4-6-15)25-20-17(21)13-24-26(19)20/h2-11,13,22-23H,12H2,1H3. The maximum Gasteiger partial charge on any atom is 0.240 e. The van der Waals surface area contributed by atoms with Gasteiger partial charge in [-0.05, 0) is 40.7 Å².